The minimum absolute atomic E-state index is 0.0669. The largest absolute Gasteiger partial charge is 0.425 e. The Labute approximate surface area is 99.3 Å². The summed E-state index contributed by atoms with van der Waals surface area (Å²) in [7, 11) is 2.01. The van der Waals surface area contributed by atoms with E-state index >= 15 is 0 Å². The SMILES string of the molecule is Bc1ccc(B2CC(C)(C)C(C)(C)O2)cn1. The molecule has 0 saturated carbocycles. The number of hydrogen-bond donors (Lipinski definition) is 0. The van der Waals surface area contributed by atoms with Crippen molar-refractivity contribution in [2.45, 2.75) is 39.6 Å². The monoisotopic (exact) mass is 215 g/mol. The van der Waals surface area contributed by atoms with Crippen LogP contribution in [-0.2, 0) is 4.65 Å². The smallest absolute Gasteiger partial charge is 0.329 e. The molecule has 0 bridgehead atoms. The van der Waals surface area contributed by atoms with Crippen LogP contribution < -0.4 is 11.1 Å². The van der Waals surface area contributed by atoms with E-state index < -0.39 is 0 Å². The Bertz CT molecular complexity index is 371. The molecular weight excluding hydrogens is 196 g/mol. The molecule has 2 nitrogen and oxygen atoms in total. The van der Waals surface area contributed by atoms with Crippen LogP contribution in [0.1, 0.15) is 27.7 Å². The van der Waals surface area contributed by atoms with Gasteiger partial charge >= 0.3 is 6.92 Å². The summed E-state index contributed by atoms with van der Waals surface area (Å²) in [6.45, 7) is 9.09. The fourth-order valence-corrected chi connectivity index (χ4v) is 2.12. The van der Waals surface area contributed by atoms with Crippen molar-refractivity contribution in [1.29, 1.82) is 0 Å². The maximum Gasteiger partial charge on any atom is 0.329 e. The van der Waals surface area contributed by atoms with Crippen molar-refractivity contribution in [3.63, 3.8) is 0 Å². The van der Waals surface area contributed by atoms with Crippen molar-refractivity contribution in [2.24, 2.45) is 5.41 Å². The fourth-order valence-electron chi connectivity index (χ4n) is 2.12. The molecule has 0 amide bonds. The molecule has 84 valence electrons. The summed E-state index contributed by atoms with van der Waals surface area (Å²) in [5.74, 6) is 0. The summed E-state index contributed by atoms with van der Waals surface area (Å²) in [4.78, 5) is 4.34. The third-order valence-corrected chi connectivity index (χ3v) is 4.07. The Morgan fingerprint density at radius 3 is 2.44 bits per heavy atom. The summed E-state index contributed by atoms with van der Waals surface area (Å²) in [5.41, 5.74) is 2.40. The van der Waals surface area contributed by atoms with Gasteiger partial charge in [0.1, 0.15) is 0 Å². The van der Waals surface area contributed by atoms with E-state index in [-0.39, 0.29) is 17.9 Å². The molecule has 16 heavy (non-hydrogen) atoms. The van der Waals surface area contributed by atoms with Crippen LogP contribution in [0.4, 0.5) is 0 Å². The lowest BCUT2D eigenvalue weighted by molar-refractivity contribution is 0.0375. The molecule has 1 aliphatic rings. The summed E-state index contributed by atoms with van der Waals surface area (Å²) in [6.07, 6.45) is 3.00. The van der Waals surface area contributed by atoms with Crippen LogP contribution in [0.25, 0.3) is 0 Å². The Hall–Kier alpha value is -0.760. The van der Waals surface area contributed by atoms with Gasteiger partial charge in [0.05, 0.1) is 5.60 Å². The third kappa shape index (κ3) is 1.91. The van der Waals surface area contributed by atoms with Gasteiger partial charge in [-0.25, -0.2) is 0 Å². The highest BCUT2D eigenvalue weighted by molar-refractivity contribution is 6.68. The van der Waals surface area contributed by atoms with E-state index in [0.717, 1.165) is 11.9 Å². The van der Waals surface area contributed by atoms with E-state index in [4.69, 9.17) is 4.65 Å². The van der Waals surface area contributed by atoms with Crippen molar-refractivity contribution < 1.29 is 4.65 Å². The van der Waals surface area contributed by atoms with Crippen LogP contribution in [0.15, 0.2) is 18.3 Å². The van der Waals surface area contributed by atoms with Crippen LogP contribution in [0.3, 0.4) is 0 Å². The quantitative estimate of drug-likeness (QED) is 0.631. The molecule has 2 heterocycles. The summed E-state index contributed by atoms with van der Waals surface area (Å²) < 4.78 is 6.15. The molecule has 0 unspecified atom stereocenters. The second-order valence-electron chi connectivity index (χ2n) is 5.94. The molecule has 1 aromatic rings. The fraction of sp³-hybridized carbons (Fsp3) is 0.583. The molecule has 0 atom stereocenters. The Morgan fingerprint density at radius 2 is 2.00 bits per heavy atom. The molecule has 0 radical (unpaired) electrons. The Kier molecular flexibility index (Phi) is 2.65. The average molecular weight is 215 g/mol. The van der Waals surface area contributed by atoms with Gasteiger partial charge in [-0.3, -0.25) is 4.98 Å². The van der Waals surface area contributed by atoms with Crippen molar-refractivity contribution in [3.8, 4) is 0 Å². The third-order valence-electron chi connectivity index (χ3n) is 4.07. The molecule has 1 aliphatic heterocycles. The van der Waals surface area contributed by atoms with Crippen LogP contribution in [0.2, 0.25) is 6.32 Å². The molecule has 0 aromatic carbocycles. The highest BCUT2D eigenvalue weighted by Crippen LogP contribution is 2.44. The van der Waals surface area contributed by atoms with E-state index in [2.05, 4.69) is 44.8 Å². The number of aromatic nitrogens is 1. The van der Waals surface area contributed by atoms with Gasteiger partial charge in [0.2, 0.25) is 0 Å². The molecule has 0 aliphatic carbocycles. The molecule has 1 aromatic heterocycles. The molecule has 1 saturated heterocycles. The summed E-state index contributed by atoms with van der Waals surface area (Å²) in [6, 6.07) is 4.18. The maximum atomic E-state index is 6.15. The highest BCUT2D eigenvalue weighted by atomic mass is 16.5. The lowest BCUT2D eigenvalue weighted by Crippen LogP contribution is -2.36. The minimum Gasteiger partial charge on any atom is -0.425 e. The minimum atomic E-state index is -0.0669. The zero-order valence-electron chi connectivity index (χ0n) is 10.9. The van der Waals surface area contributed by atoms with E-state index in [1.54, 1.807) is 0 Å². The summed E-state index contributed by atoms with van der Waals surface area (Å²) in [5, 5.41) is 0. The summed E-state index contributed by atoms with van der Waals surface area (Å²) >= 11 is 0. The number of nitrogens with zero attached hydrogens (tertiary/aromatic N) is 1. The topological polar surface area (TPSA) is 22.1 Å². The Balaban J connectivity index is 2.23. The van der Waals surface area contributed by atoms with Crippen LogP contribution in [0.5, 0.6) is 0 Å². The number of pyridine rings is 1. The second kappa shape index (κ2) is 3.63. The van der Waals surface area contributed by atoms with Crippen molar-refractivity contribution >= 4 is 25.8 Å². The van der Waals surface area contributed by atoms with Gasteiger partial charge in [-0.05, 0) is 36.6 Å². The number of rotatable bonds is 1. The molecule has 0 N–H and O–H groups in total. The predicted molar refractivity (Wildman–Crippen MR) is 71.6 cm³/mol. The zero-order valence-corrected chi connectivity index (χ0v) is 10.9. The van der Waals surface area contributed by atoms with Gasteiger partial charge in [0.25, 0.3) is 0 Å². The van der Waals surface area contributed by atoms with E-state index in [1.807, 2.05) is 14.0 Å². The van der Waals surface area contributed by atoms with E-state index in [9.17, 15) is 0 Å². The first kappa shape index (κ1) is 11.7. The van der Waals surface area contributed by atoms with Gasteiger partial charge in [-0.2, -0.15) is 0 Å². The normalized spacial score (nSPS) is 22.4. The van der Waals surface area contributed by atoms with Gasteiger partial charge < -0.3 is 4.65 Å². The molecule has 0 spiro atoms. The first-order chi connectivity index (χ1) is 7.32. The highest BCUT2D eigenvalue weighted by Gasteiger charge is 2.49. The van der Waals surface area contributed by atoms with Crippen molar-refractivity contribution in [1.82, 2.24) is 4.98 Å². The van der Waals surface area contributed by atoms with Gasteiger partial charge in [0.15, 0.2) is 7.85 Å². The van der Waals surface area contributed by atoms with Crippen molar-refractivity contribution in [2.75, 3.05) is 0 Å². The standard InChI is InChI=1S/C12H19B2NO/c1-11(2)8-14(16-12(11,3)4)9-5-6-10(13)15-7-9/h5-7H,8,13H2,1-4H3. The average Bonchev–Trinajstić information content (AvgIpc) is 2.37. The predicted octanol–water partition coefficient (Wildman–Crippen LogP) is 0.373. The van der Waals surface area contributed by atoms with Gasteiger partial charge in [0, 0.05) is 6.20 Å². The van der Waals surface area contributed by atoms with E-state index in [0.29, 0.717) is 0 Å². The van der Waals surface area contributed by atoms with Crippen LogP contribution >= 0.6 is 0 Å². The zero-order chi connectivity index (χ0) is 12.0. The first-order valence-electron chi connectivity index (χ1n) is 5.92. The van der Waals surface area contributed by atoms with Crippen LogP contribution in [-0.4, -0.2) is 25.3 Å². The number of hydrogen-bond acceptors (Lipinski definition) is 2. The first-order valence-corrected chi connectivity index (χ1v) is 5.92. The lowest BCUT2D eigenvalue weighted by Gasteiger charge is -2.34. The second-order valence-corrected chi connectivity index (χ2v) is 5.94. The van der Waals surface area contributed by atoms with Crippen LogP contribution in [0, 0.1) is 5.41 Å². The van der Waals surface area contributed by atoms with Gasteiger partial charge in [-0.1, -0.05) is 26.0 Å². The molecule has 2 rings (SSSR count). The molecule has 1 fully saturated rings. The Morgan fingerprint density at radius 1 is 1.31 bits per heavy atom. The molecular formula is C12H19B2NO. The maximum absolute atomic E-state index is 6.15. The van der Waals surface area contributed by atoms with Gasteiger partial charge in [-0.15, -0.1) is 0 Å². The molecule has 4 heteroatoms. The lowest BCUT2D eigenvalue weighted by atomic mass is 9.54. The van der Waals surface area contributed by atoms with Crippen molar-refractivity contribution in [3.05, 3.63) is 18.3 Å². The van der Waals surface area contributed by atoms with E-state index in [1.165, 1.54) is 5.46 Å².